The van der Waals surface area contributed by atoms with Gasteiger partial charge < -0.3 is 39.9 Å². The Morgan fingerprint density at radius 1 is 0.541 bits per heavy atom. The molecule has 6 unspecified atom stereocenters. The lowest BCUT2D eigenvalue weighted by Gasteiger charge is -2.41. The average molecular weight is 879 g/mol. The lowest BCUT2D eigenvalue weighted by molar-refractivity contribution is -0.220. The van der Waals surface area contributed by atoms with Crippen molar-refractivity contribution >= 4 is 19.8 Å². The summed E-state index contributed by atoms with van der Waals surface area (Å²) >= 11 is 0. The first-order valence-corrected chi connectivity index (χ1v) is 23.6. The second-order valence-corrected chi connectivity index (χ2v) is 16.3. The van der Waals surface area contributed by atoms with E-state index in [2.05, 4.69) is 62.5 Å². The quantitative estimate of drug-likeness (QED) is 0.0118. The summed E-state index contributed by atoms with van der Waals surface area (Å²) in [5.74, 6) is -1.20. The van der Waals surface area contributed by atoms with E-state index in [1.807, 2.05) is 48.6 Å². The zero-order valence-corrected chi connectivity index (χ0v) is 37.3. The molecule has 0 saturated heterocycles. The molecule has 0 bridgehead atoms. The summed E-state index contributed by atoms with van der Waals surface area (Å²) in [6, 6.07) is 0. The maximum atomic E-state index is 12.8. The first-order valence-electron chi connectivity index (χ1n) is 22.1. The van der Waals surface area contributed by atoms with Gasteiger partial charge in [-0.25, -0.2) is 4.57 Å². The van der Waals surface area contributed by atoms with Crippen LogP contribution in [0.4, 0.5) is 0 Å². The van der Waals surface area contributed by atoms with Gasteiger partial charge in [-0.15, -0.1) is 0 Å². The summed E-state index contributed by atoms with van der Waals surface area (Å²) in [7, 11) is -5.14. The molecule has 1 aliphatic rings. The minimum Gasteiger partial charge on any atom is -0.462 e. The number of allylic oxidation sites excluding steroid dienone is 16. The molecule has 13 nitrogen and oxygen atoms in total. The number of phosphoric ester groups is 1. The van der Waals surface area contributed by atoms with E-state index in [1.54, 1.807) is 0 Å². The van der Waals surface area contributed by atoms with Crippen molar-refractivity contribution in [3.63, 3.8) is 0 Å². The molecule has 0 aromatic rings. The molecule has 0 aliphatic heterocycles. The number of esters is 2. The number of aliphatic hydroxyl groups is 5. The number of phosphoric acid groups is 1. The Hall–Kier alpha value is -3.23. The van der Waals surface area contributed by atoms with E-state index >= 15 is 0 Å². The Balaban J connectivity index is 2.56. The maximum Gasteiger partial charge on any atom is 0.472 e. The molecule has 0 heterocycles. The maximum absolute atomic E-state index is 12.8. The number of unbranched alkanes of at least 4 members (excludes halogenated alkanes) is 9. The molecular weight excluding hydrogens is 803 g/mol. The lowest BCUT2D eigenvalue weighted by atomic mass is 9.85. The normalized spacial score (nSPS) is 23.0. The highest BCUT2D eigenvalue weighted by atomic mass is 31.2. The predicted molar refractivity (Wildman–Crippen MR) is 239 cm³/mol. The fourth-order valence-corrected chi connectivity index (χ4v) is 6.91. The van der Waals surface area contributed by atoms with Gasteiger partial charge in [0.1, 0.15) is 43.2 Å². The molecule has 0 aromatic heterocycles. The summed E-state index contributed by atoms with van der Waals surface area (Å²) in [4.78, 5) is 35.6. The summed E-state index contributed by atoms with van der Waals surface area (Å²) < 4.78 is 33.4. The van der Waals surface area contributed by atoms with Crippen LogP contribution < -0.4 is 0 Å². The van der Waals surface area contributed by atoms with Crippen molar-refractivity contribution in [2.24, 2.45) is 0 Å². The third-order valence-electron chi connectivity index (χ3n) is 9.50. The van der Waals surface area contributed by atoms with Crippen molar-refractivity contribution in [1.29, 1.82) is 0 Å². The topological polar surface area (TPSA) is 210 Å². The second-order valence-electron chi connectivity index (χ2n) is 14.9. The summed E-state index contributed by atoms with van der Waals surface area (Å²) in [5.41, 5.74) is 0. The number of hydrogen-bond donors (Lipinski definition) is 6. The van der Waals surface area contributed by atoms with Crippen molar-refractivity contribution in [2.45, 2.75) is 172 Å². The van der Waals surface area contributed by atoms with Gasteiger partial charge in [-0.1, -0.05) is 143 Å². The van der Waals surface area contributed by atoms with E-state index in [-0.39, 0.29) is 12.8 Å². The lowest BCUT2D eigenvalue weighted by Crippen LogP contribution is -2.64. The standard InChI is InChI=1S/C47H75O13P/c1-3-5-7-9-11-13-15-17-19-20-22-24-26-28-30-32-34-36-41(49)59-39(38-58-61(55,56)60-47-45(53)43(51)42(50)44(52)46(47)54)37-57-40(48)35-33-31-29-27-25-23-21-18-16-14-12-10-8-6-4-2/h6,8,10-14,16-19,21-22,24,28,30,39,42-47,50-54H,3-5,7,9,15,20,23,25-27,29,31-38H2,1-2H3,(H,55,56)/b8-6+,12-10+,13-11+,16-14+,19-17+,21-18+,24-22+,30-28+/t39-,42?,43+,44?,45?,46?,47?/m1/s1. The van der Waals surface area contributed by atoms with Crippen LogP contribution in [0, 0.1) is 0 Å². The van der Waals surface area contributed by atoms with Gasteiger partial charge in [0.15, 0.2) is 6.10 Å². The number of aliphatic hydroxyl groups excluding tert-OH is 5. The molecule has 61 heavy (non-hydrogen) atoms. The van der Waals surface area contributed by atoms with Crippen molar-refractivity contribution < 1.29 is 63.1 Å². The number of carbonyl (C=O) groups is 2. The fraction of sp³-hybridized carbons (Fsp3) is 0.617. The molecule has 14 heteroatoms. The molecule has 0 radical (unpaired) electrons. The van der Waals surface area contributed by atoms with Crippen LogP contribution in [0.25, 0.3) is 0 Å². The monoisotopic (exact) mass is 878 g/mol. The van der Waals surface area contributed by atoms with Gasteiger partial charge in [0.05, 0.1) is 6.61 Å². The highest BCUT2D eigenvalue weighted by Crippen LogP contribution is 2.47. The SMILES string of the molecule is CC/C=C/C=C/C=C/C=C/CCCCCCCC(=O)OC[C@H](COP(=O)(O)OC1C(O)C(O)C(O)[C@H](O)C1O)OC(=O)CCC/C=C/C/C=C/C/C=C/C/C=C/CCCCC. The Morgan fingerprint density at radius 2 is 1.02 bits per heavy atom. The van der Waals surface area contributed by atoms with E-state index in [1.165, 1.54) is 19.3 Å². The average Bonchev–Trinajstić information content (AvgIpc) is 3.24. The van der Waals surface area contributed by atoms with Gasteiger partial charge in [-0.05, 0) is 70.6 Å². The Bertz CT molecular complexity index is 1430. The molecule has 1 fully saturated rings. The first-order chi connectivity index (χ1) is 29.4. The van der Waals surface area contributed by atoms with Crippen LogP contribution in [0.1, 0.15) is 129 Å². The summed E-state index contributed by atoms with van der Waals surface area (Å²) in [6.45, 7) is 3.04. The van der Waals surface area contributed by atoms with E-state index in [4.69, 9.17) is 18.5 Å². The molecule has 8 atom stereocenters. The molecule has 346 valence electrons. The molecule has 1 saturated carbocycles. The molecule has 6 N–H and O–H groups in total. The number of carbonyl (C=O) groups excluding carboxylic acids is 2. The van der Waals surface area contributed by atoms with E-state index in [0.717, 1.165) is 64.2 Å². The number of rotatable bonds is 34. The van der Waals surface area contributed by atoms with Crippen LogP contribution in [0.3, 0.4) is 0 Å². The van der Waals surface area contributed by atoms with Crippen LogP contribution in [-0.4, -0.2) is 98.3 Å². The molecule has 1 rings (SSSR count). The molecule has 1 aliphatic carbocycles. The zero-order chi connectivity index (χ0) is 45.0. The van der Waals surface area contributed by atoms with E-state index in [0.29, 0.717) is 19.3 Å². The van der Waals surface area contributed by atoms with Crippen LogP contribution in [0.2, 0.25) is 0 Å². The van der Waals surface area contributed by atoms with Crippen LogP contribution >= 0.6 is 7.82 Å². The Kier molecular flexibility index (Phi) is 33.2. The van der Waals surface area contributed by atoms with E-state index in [9.17, 15) is 44.6 Å². The van der Waals surface area contributed by atoms with Gasteiger partial charge in [0.2, 0.25) is 0 Å². The molecular formula is C47H75O13P. The predicted octanol–water partition coefficient (Wildman–Crippen LogP) is 8.27. The van der Waals surface area contributed by atoms with Gasteiger partial charge >= 0.3 is 19.8 Å². The third kappa shape index (κ3) is 28.9. The summed E-state index contributed by atoms with van der Waals surface area (Å²) in [6.07, 6.45) is 34.7. The second kappa shape index (κ2) is 36.3. The Labute approximate surface area is 364 Å². The number of ether oxygens (including phenoxy) is 2. The first kappa shape index (κ1) is 55.8. The van der Waals surface area contributed by atoms with Crippen molar-refractivity contribution in [1.82, 2.24) is 0 Å². The Morgan fingerprint density at radius 3 is 1.62 bits per heavy atom. The molecule has 0 spiro atoms. The minimum atomic E-state index is -5.14. The van der Waals surface area contributed by atoms with Crippen molar-refractivity contribution in [2.75, 3.05) is 13.2 Å². The van der Waals surface area contributed by atoms with Crippen LogP contribution in [0.15, 0.2) is 97.2 Å². The molecule has 0 amide bonds. The van der Waals surface area contributed by atoms with Crippen molar-refractivity contribution in [3.8, 4) is 0 Å². The molecule has 0 aromatic carbocycles. The van der Waals surface area contributed by atoms with Gasteiger partial charge in [-0.2, -0.15) is 0 Å². The van der Waals surface area contributed by atoms with Crippen LogP contribution in [-0.2, 0) is 32.7 Å². The van der Waals surface area contributed by atoms with Gasteiger partial charge in [0, 0.05) is 12.8 Å². The third-order valence-corrected chi connectivity index (χ3v) is 10.5. The highest BCUT2D eigenvalue weighted by molar-refractivity contribution is 7.47. The number of hydrogen-bond acceptors (Lipinski definition) is 12. The van der Waals surface area contributed by atoms with Crippen molar-refractivity contribution in [3.05, 3.63) is 97.2 Å². The smallest absolute Gasteiger partial charge is 0.462 e. The zero-order valence-electron chi connectivity index (χ0n) is 36.4. The largest absolute Gasteiger partial charge is 0.472 e. The minimum absolute atomic E-state index is 0.00902. The fourth-order valence-electron chi connectivity index (χ4n) is 5.94. The van der Waals surface area contributed by atoms with Gasteiger partial charge in [0.25, 0.3) is 0 Å². The summed E-state index contributed by atoms with van der Waals surface area (Å²) in [5, 5.41) is 50.1. The van der Waals surface area contributed by atoms with Gasteiger partial charge in [-0.3, -0.25) is 18.6 Å². The highest BCUT2D eigenvalue weighted by Gasteiger charge is 2.51. The van der Waals surface area contributed by atoms with E-state index < -0.39 is 75.7 Å². The van der Waals surface area contributed by atoms with Crippen LogP contribution in [0.5, 0.6) is 0 Å².